The maximum absolute atomic E-state index is 12.2. The number of fused-ring (bicyclic) bond motifs is 1. The van der Waals surface area contributed by atoms with Crippen LogP contribution in [0.25, 0.3) is 10.9 Å². The van der Waals surface area contributed by atoms with E-state index in [0.717, 1.165) is 16.5 Å². The number of aromatic nitrogens is 2. The van der Waals surface area contributed by atoms with Crippen molar-refractivity contribution in [1.82, 2.24) is 9.78 Å². The van der Waals surface area contributed by atoms with Gasteiger partial charge in [0.25, 0.3) is 5.78 Å². The molecule has 0 spiro atoms. The monoisotopic (exact) mass is 260 g/mol. The fourth-order valence-corrected chi connectivity index (χ4v) is 2.09. The van der Waals surface area contributed by atoms with Crippen molar-refractivity contribution in [1.29, 1.82) is 0 Å². The second-order valence-corrected chi connectivity index (χ2v) is 4.43. The van der Waals surface area contributed by atoms with Crippen LogP contribution < -0.4 is 0 Å². The number of nitrogens with zero attached hydrogens (tertiary/aromatic N) is 2. The van der Waals surface area contributed by atoms with Gasteiger partial charge in [-0.3, -0.25) is 9.48 Å². The number of para-hydroxylation sites is 1. The lowest BCUT2D eigenvalue weighted by molar-refractivity contribution is 0.105. The van der Waals surface area contributed by atoms with Crippen molar-refractivity contribution in [2.45, 2.75) is 0 Å². The Bertz CT molecular complexity index is 836. The Morgan fingerprint density at radius 3 is 2.55 bits per heavy atom. The third kappa shape index (κ3) is 2.19. The lowest BCUT2D eigenvalue weighted by Gasteiger charge is -1.90. The van der Waals surface area contributed by atoms with E-state index in [1.165, 1.54) is 0 Å². The third-order valence-corrected chi connectivity index (χ3v) is 3.07. The first-order chi connectivity index (χ1) is 9.75. The molecule has 0 radical (unpaired) electrons. The van der Waals surface area contributed by atoms with Crippen LogP contribution in [0.4, 0.5) is 0 Å². The highest BCUT2D eigenvalue weighted by atomic mass is 16.1. The fourth-order valence-electron chi connectivity index (χ4n) is 2.09. The van der Waals surface area contributed by atoms with Crippen LogP contribution in [0.1, 0.15) is 16.1 Å². The number of carbonyl (C=O) groups is 1. The summed E-state index contributed by atoms with van der Waals surface area (Å²) in [6.07, 6.45) is 0. The predicted molar refractivity (Wildman–Crippen MR) is 78.4 cm³/mol. The molecule has 0 fully saturated rings. The number of benzene rings is 2. The molecule has 0 aliphatic carbocycles. The number of rotatable bonds is 1. The predicted octanol–water partition coefficient (Wildman–Crippen LogP) is 2.81. The molecule has 0 aliphatic heterocycles. The molecule has 0 aliphatic rings. The van der Waals surface area contributed by atoms with Gasteiger partial charge in [-0.2, -0.15) is 5.10 Å². The molecule has 0 saturated carbocycles. The molecule has 0 N–H and O–H groups in total. The average molecular weight is 260 g/mol. The minimum Gasteiger partial charge on any atom is -0.277 e. The molecule has 0 amide bonds. The molecule has 3 heteroatoms. The van der Waals surface area contributed by atoms with Crippen LogP contribution in [0.2, 0.25) is 0 Å². The summed E-state index contributed by atoms with van der Waals surface area (Å²) in [6, 6.07) is 17.1. The molecule has 1 aromatic heterocycles. The molecule has 0 saturated heterocycles. The van der Waals surface area contributed by atoms with Gasteiger partial charge in [0.2, 0.25) is 0 Å². The second kappa shape index (κ2) is 5.02. The highest BCUT2D eigenvalue weighted by Gasteiger charge is 2.13. The highest BCUT2D eigenvalue weighted by Crippen LogP contribution is 2.17. The summed E-state index contributed by atoms with van der Waals surface area (Å²) in [7, 11) is 1.82. The molecule has 96 valence electrons. The minimum absolute atomic E-state index is 0.259. The molecule has 2 aromatic carbocycles. The molecule has 3 nitrogen and oxygen atoms in total. The zero-order chi connectivity index (χ0) is 13.9. The Morgan fingerprint density at radius 1 is 1.05 bits per heavy atom. The molecular formula is C17H12N2O. The number of hydrogen-bond donors (Lipinski definition) is 0. The summed E-state index contributed by atoms with van der Waals surface area (Å²) in [5.74, 6) is 5.27. The zero-order valence-corrected chi connectivity index (χ0v) is 11.0. The Labute approximate surface area is 116 Å². The Hall–Kier alpha value is -2.86. The van der Waals surface area contributed by atoms with Crippen LogP contribution >= 0.6 is 0 Å². The van der Waals surface area contributed by atoms with Crippen molar-refractivity contribution in [2.75, 3.05) is 0 Å². The molecule has 3 rings (SSSR count). The summed E-state index contributed by atoms with van der Waals surface area (Å²) in [6.45, 7) is 0. The summed E-state index contributed by atoms with van der Waals surface area (Å²) < 4.78 is 1.70. The van der Waals surface area contributed by atoms with Crippen LogP contribution in [-0.4, -0.2) is 15.6 Å². The van der Waals surface area contributed by atoms with Gasteiger partial charge in [-0.25, -0.2) is 0 Å². The van der Waals surface area contributed by atoms with Crippen molar-refractivity contribution < 1.29 is 4.79 Å². The molecule has 0 atom stereocenters. The van der Waals surface area contributed by atoms with Gasteiger partial charge < -0.3 is 0 Å². The maximum Gasteiger partial charge on any atom is 0.257 e. The van der Waals surface area contributed by atoms with E-state index in [0.29, 0.717) is 5.69 Å². The largest absolute Gasteiger partial charge is 0.277 e. The van der Waals surface area contributed by atoms with E-state index in [4.69, 9.17) is 0 Å². The van der Waals surface area contributed by atoms with Gasteiger partial charge in [0, 0.05) is 18.0 Å². The van der Waals surface area contributed by atoms with E-state index in [2.05, 4.69) is 16.9 Å². The summed E-state index contributed by atoms with van der Waals surface area (Å²) in [5.41, 5.74) is 2.16. The van der Waals surface area contributed by atoms with E-state index in [1.54, 1.807) is 4.68 Å². The highest BCUT2D eigenvalue weighted by molar-refractivity contribution is 6.15. The number of Topliss-reactive ketones (excluding diaryl/α,β-unsaturated/α-hetero) is 1. The summed E-state index contributed by atoms with van der Waals surface area (Å²) >= 11 is 0. The average Bonchev–Trinajstić information content (AvgIpc) is 2.84. The lowest BCUT2D eigenvalue weighted by Crippen LogP contribution is -1.98. The van der Waals surface area contributed by atoms with Crippen LogP contribution in [0.5, 0.6) is 0 Å². The Morgan fingerprint density at radius 2 is 1.75 bits per heavy atom. The molecule has 0 unspecified atom stereocenters. The van der Waals surface area contributed by atoms with Crippen LogP contribution in [0.3, 0.4) is 0 Å². The van der Waals surface area contributed by atoms with Crippen LogP contribution in [0.15, 0.2) is 54.6 Å². The number of carbonyl (C=O) groups excluding carboxylic acids is 1. The van der Waals surface area contributed by atoms with Gasteiger partial charge in [0.1, 0.15) is 5.69 Å². The first-order valence-corrected chi connectivity index (χ1v) is 6.29. The zero-order valence-electron chi connectivity index (χ0n) is 11.0. The molecule has 1 heterocycles. The van der Waals surface area contributed by atoms with Crippen molar-refractivity contribution in [3.63, 3.8) is 0 Å². The third-order valence-electron chi connectivity index (χ3n) is 3.07. The second-order valence-electron chi connectivity index (χ2n) is 4.43. The van der Waals surface area contributed by atoms with E-state index in [1.807, 2.05) is 61.6 Å². The van der Waals surface area contributed by atoms with Gasteiger partial charge >= 0.3 is 0 Å². The molecule has 0 bridgehead atoms. The van der Waals surface area contributed by atoms with E-state index in [9.17, 15) is 4.79 Å². The quantitative estimate of drug-likeness (QED) is 0.498. The molecule has 3 aromatic rings. The lowest BCUT2D eigenvalue weighted by atomic mass is 10.1. The van der Waals surface area contributed by atoms with E-state index < -0.39 is 0 Å². The van der Waals surface area contributed by atoms with Crippen molar-refractivity contribution in [3.05, 3.63) is 65.9 Å². The number of ketones is 1. The van der Waals surface area contributed by atoms with Crippen molar-refractivity contribution in [3.8, 4) is 11.8 Å². The smallest absolute Gasteiger partial charge is 0.257 e. The van der Waals surface area contributed by atoms with Crippen molar-refractivity contribution in [2.24, 2.45) is 7.05 Å². The van der Waals surface area contributed by atoms with Crippen LogP contribution in [0, 0.1) is 11.8 Å². The minimum atomic E-state index is -0.259. The number of aryl methyl sites for hydroxylation is 1. The Kier molecular flexibility index (Phi) is 3.06. The first-order valence-electron chi connectivity index (χ1n) is 6.29. The fraction of sp³-hybridized carbons (Fsp3) is 0.0588. The van der Waals surface area contributed by atoms with E-state index >= 15 is 0 Å². The SMILES string of the molecule is Cn1nc(C(=O)C#Cc2ccccc2)c2ccccc21. The molecule has 20 heavy (non-hydrogen) atoms. The summed E-state index contributed by atoms with van der Waals surface area (Å²) in [5, 5.41) is 5.10. The van der Waals surface area contributed by atoms with Gasteiger partial charge in [-0.05, 0) is 24.1 Å². The maximum atomic E-state index is 12.2. The molecular weight excluding hydrogens is 248 g/mol. The van der Waals surface area contributed by atoms with Crippen LogP contribution in [-0.2, 0) is 7.05 Å². The van der Waals surface area contributed by atoms with Crippen molar-refractivity contribution >= 4 is 16.7 Å². The standard InChI is InChI=1S/C17H12N2O/c1-19-15-10-6-5-9-14(15)17(18-19)16(20)12-11-13-7-3-2-4-8-13/h2-10H,1H3. The van der Waals surface area contributed by atoms with Gasteiger partial charge in [0.15, 0.2) is 0 Å². The summed E-state index contributed by atoms with van der Waals surface area (Å²) in [4.78, 5) is 12.2. The normalized spacial score (nSPS) is 10.1. The van der Waals surface area contributed by atoms with E-state index in [-0.39, 0.29) is 5.78 Å². The Balaban J connectivity index is 2.00. The van der Waals surface area contributed by atoms with Gasteiger partial charge in [0.05, 0.1) is 5.52 Å². The topological polar surface area (TPSA) is 34.9 Å². The van der Waals surface area contributed by atoms with Gasteiger partial charge in [-0.1, -0.05) is 42.3 Å². The number of hydrogen-bond acceptors (Lipinski definition) is 2. The first kappa shape index (κ1) is 12.2. The van der Waals surface area contributed by atoms with Gasteiger partial charge in [-0.15, -0.1) is 0 Å².